The van der Waals surface area contributed by atoms with Crippen LogP contribution in [0.2, 0.25) is 0 Å². The molecule has 20 heavy (non-hydrogen) atoms. The molecule has 0 saturated heterocycles. The Morgan fingerprint density at radius 2 is 1.70 bits per heavy atom. The summed E-state index contributed by atoms with van der Waals surface area (Å²) in [6.07, 6.45) is 2.05. The van der Waals surface area contributed by atoms with Crippen LogP contribution in [-0.2, 0) is 0 Å². The smallest absolute Gasteiger partial charge is 0.141 e. The van der Waals surface area contributed by atoms with Crippen molar-refractivity contribution >= 4 is 38.5 Å². The molecule has 0 bridgehead atoms. The summed E-state index contributed by atoms with van der Waals surface area (Å²) in [4.78, 5) is 1.12. The molecule has 0 saturated carbocycles. The fourth-order valence-electron chi connectivity index (χ4n) is 2.08. The summed E-state index contributed by atoms with van der Waals surface area (Å²) in [5, 5.41) is 2.41. The molecule has 0 atom stereocenters. The Hall–Kier alpha value is -1.45. The number of thioether (sulfide) groups is 1. The molecule has 3 rings (SSSR count). The number of fused-ring (bicyclic) bond motifs is 1. The van der Waals surface area contributed by atoms with Crippen molar-refractivity contribution < 1.29 is 4.74 Å². The lowest BCUT2D eigenvalue weighted by molar-refractivity contribution is 0.472. The van der Waals surface area contributed by atoms with E-state index in [-0.39, 0.29) is 0 Å². The van der Waals surface area contributed by atoms with Crippen LogP contribution in [0.25, 0.3) is 10.8 Å². The van der Waals surface area contributed by atoms with Crippen LogP contribution in [0.15, 0.2) is 70.0 Å². The van der Waals surface area contributed by atoms with Gasteiger partial charge >= 0.3 is 0 Å². The highest BCUT2D eigenvalue weighted by Gasteiger charge is 2.05. The highest BCUT2D eigenvalue weighted by molar-refractivity contribution is 9.10. The number of hydrogen-bond donors (Lipinski definition) is 0. The molecule has 0 amide bonds. The first-order valence-corrected chi connectivity index (χ1v) is 8.28. The standard InChI is InChI=1S/C17H13BrOS/c1-20-17-11-14(18)7-9-16(17)19-15-8-6-12-4-2-3-5-13(12)10-15/h2-11H,1H3. The van der Waals surface area contributed by atoms with E-state index in [2.05, 4.69) is 52.5 Å². The fourth-order valence-corrected chi connectivity index (χ4v) is 3.15. The number of rotatable bonds is 3. The van der Waals surface area contributed by atoms with E-state index in [1.165, 1.54) is 10.8 Å². The molecule has 1 nitrogen and oxygen atoms in total. The highest BCUT2D eigenvalue weighted by atomic mass is 79.9. The van der Waals surface area contributed by atoms with Crippen LogP contribution >= 0.6 is 27.7 Å². The van der Waals surface area contributed by atoms with E-state index in [0.29, 0.717) is 0 Å². The lowest BCUT2D eigenvalue weighted by atomic mass is 10.1. The first kappa shape index (κ1) is 13.5. The molecule has 0 unspecified atom stereocenters. The lowest BCUT2D eigenvalue weighted by Gasteiger charge is -2.10. The number of halogens is 1. The topological polar surface area (TPSA) is 9.23 Å². The van der Waals surface area contributed by atoms with Gasteiger partial charge in [0.2, 0.25) is 0 Å². The van der Waals surface area contributed by atoms with Crippen LogP contribution in [0, 0.1) is 0 Å². The van der Waals surface area contributed by atoms with Crippen molar-refractivity contribution in [3.63, 3.8) is 0 Å². The van der Waals surface area contributed by atoms with Gasteiger partial charge in [0.25, 0.3) is 0 Å². The van der Waals surface area contributed by atoms with Crippen LogP contribution in [0.1, 0.15) is 0 Å². The van der Waals surface area contributed by atoms with Crippen molar-refractivity contribution in [1.29, 1.82) is 0 Å². The number of benzene rings is 3. The Balaban J connectivity index is 1.96. The Kier molecular flexibility index (Phi) is 3.99. The summed E-state index contributed by atoms with van der Waals surface area (Å²) in [7, 11) is 0. The molecule has 0 radical (unpaired) electrons. The van der Waals surface area contributed by atoms with Crippen LogP contribution in [-0.4, -0.2) is 6.26 Å². The van der Waals surface area contributed by atoms with E-state index in [0.717, 1.165) is 20.9 Å². The normalized spacial score (nSPS) is 10.7. The van der Waals surface area contributed by atoms with Gasteiger partial charge in [-0.1, -0.05) is 46.3 Å². The summed E-state index contributed by atoms with van der Waals surface area (Å²) in [5.41, 5.74) is 0. The summed E-state index contributed by atoms with van der Waals surface area (Å²) in [6, 6.07) is 20.5. The van der Waals surface area contributed by atoms with Gasteiger partial charge in [0, 0.05) is 4.47 Å². The van der Waals surface area contributed by atoms with Gasteiger partial charge in [-0.3, -0.25) is 0 Å². The molecule has 0 fully saturated rings. The van der Waals surface area contributed by atoms with Crippen molar-refractivity contribution in [3.8, 4) is 11.5 Å². The average Bonchev–Trinajstić information content (AvgIpc) is 2.49. The molecule has 0 aromatic heterocycles. The number of ether oxygens (including phenoxy) is 1. The Morgan fingerprint density at radius 3 is 2.50 bits per heavy atom. The van der Waals surface area contributed by atoms with Gasteiger partial charge < -0.3 is 4.74 Å². The van der Waals surface area contributed by atoms with E-state index in [1.807, 2.05) is 30.3 Å². The Labute approximate surface area is 131 Å². The summed E-state index contributed by atoms with van der Waals surface area (Å²) in [5.74, 6) is 1.75. The van der Waals surface area contributed by atoms with Crippen molar-refractivity contribution in [2.75, 3.05) is 6.26 Å². The first-order chi connectivity index (χ1) is 9.76. The SMILES string of the molecule is CSc1cc(Br)ccc1Oc1ccc2ccccc2c1. The maximum absolute atomic E-state index is 6.02. The predicted octanol–water partition coefficient (Wildman–Crippen LogP) is 6.12. The average molecular weight is 345 g/mol. The Bertz CT molecular complexity index is 755. The molecular weight excluding hydrogens is 332 g/mol. The third kappa shape index (κ3) is 2.84. The van der Waals surface area contributed by atoms with Crippen LogP contribution in [0.4, 0.5) is 0 Å². The minimum atomic E-state index is 0.862. The molecule has 0 N–H and O–H groups in total. The number of hydrogen-bond acceptors (Lipinski definition) is 2. The van der Waals surface area contributed by atoms with Crippen LogP contribution in [0.3, 0.4) is 0 Å². The summed E-state index contributed by atoms with van der Waals surface area (Å²) in [6.45, 7) is 0. The zero-order chi connectivity index (χ0) is 13.9. The van der Waals surface area contributed by atoms with Gasteiger partial charge in [0.05, 0.1) is 4.90 Å². The molecule has 0 aliphatic carbocycles. The molecule has 3 aromatic rings. The van der Waals surface area contributed by atoms with Crippen molar-refractivity contribution in [2.45, 2.75) is 4.90 Å². The van der Waals surface area contributed by atoms with Crippen molar-refractivity contribution in [2.24, 2.45) is 0 Å². The minimum absolute atomic E-state index is 0.862. The second-order valence-electron chi connectivity index (χ2n) is 4.41. The molecule has 0 aliphatic heterocycles. The van der Waals surface area contributed by atoms with E-state index in [1.54, 1.807) is 11.8 Å². The molecule has 0 heterocycles. The lowest BCUT2D eigenvalue weighted by Crippen LogP contribution is -1.87. The molecular formula is C17H13BrOS. The van der Waals surface area contributed by atoms with E-state index in [4.69, 9.17) is 4.74 Å². The second-order valence-corrected chi connectivity index (χ2v) is 6.17. The van der Waals surface area contributed by atoms with E-state index < -0.39 is 0 Å². The van der Waals surface area contributed by atoms with Gasteiger partial charge in [-0.25, -0.2) is 0 Å². The molecule has 3 aromatic carbocycles. The van der Waals surface area contributed by atoms with E-state index >= 15 is 0 Å². The predicted molar refractivity (Wildman–Crippen MR) is 89.9 cm³/mol. The minimum Gasteiger partial charge on any atom is -0.456 e. The van der Waals surface area contributed by atoms with Gasteiger partial charge in [0.15, 0.2) is 0 Å². The van der Waals surface area contributed by atoms with Gasteiger partial charge in [0.1, 0.15) is 11.5 Å². The largest absolute Gasteiger partial charge is 0.456 e. The quantitative estimate of drug-likeness (QED) is 0.529. The highest BCUT2D eigenvalue weighted by Crippen LogP contribution is 2.34. The maximum Gasteiger partial charge on any atom is 0.141 e. The second kappa shape index (κ2) is 5.90. The third-order valence-corrected chi connectivity index (χ3v) is 4.33. The monoisotopic (exact) mass is 344 g/mol. The third-order valence-electron chi connectivity index (χ3n) is 3.07. The molecule has 3 heteroatoms. The molecule has 0 spiro atoms. The van der Waals surface area contributed by atoms with Crippen LogP contribution in [0.5, 0.6) is 11.5 Å². The van der Waals surface area contributed by atoms with Gasteiger partial charge in [-0.2, -0.15) is 0 Å². The maximum atomic E-state index is 6.02. The van der Waals surface area contributed by atoms with Gasteiger partial charge in [-0.05, 0) is 47.4 Å². The molecule has 100 valence electrons. The van der Waals surface area contributed by atoms with Crippen molar-refractivity contribution in [1.82, 2.24) is 0 Å². The zero-order valence-corrected chi connectivity index (χ0v) is 13.4. The van der Waals surface area contributed by atoms with Crippen LogP contribution < -0.4 is 4.74 Å². The van der Waals surface area contributed by atoms with E-state index in [9.17, 15) is 0 Å². The summed E-state index contributed by atoms with van der Waals surface area (Å²) < 4.78 is 7.08. The fraction of sp³-hybridized carbons (Fsp3) is 0.0588. The first-order valence-electron chi connectivity index (χ1n) is 6.26. The Morgan fingerprint density at radius 1 is 0.900 bits per heavy atom. The molecule has 0 aliphatic rings. The van der Waals surface area contributed by atoms with Crippen molar-refractivity contribution in [3.05, 3.63) is 65.1 Å². The summed E-state index contributed by atoms with van der Waals surface area (Å²) >= 11 is 5.16. The van der Waals surface area contributed by atoms with Gasteiger partial charge in [-0.15, -0.1) is 11.8 Å². The zero-order valence-electron chi connectivity index (χ0n) is 11.0.